The number of benzene rings is 1. The summed E-state index contributed by atoms with van der Waals surface area (Å²) in [5.74, 6) is 1.12. The second-order valence-corrected chi connectivity index (χ2v) is 6.56. The number of hydrogen-bond donors (Lipinski definition) is 1. The Kier molecular flexibility index (Phi) is 6.19. The number of likely N-dealkylation sites (N-methyl/N-ethyl adjacent to an activating group) is 1. The van der Waals surface area contributed by atoms with Gasteiger partial charge in [-0.3, -0.25) is 4.90 Å². The zero-order valence-corrected chi connectivity index (χ0v) is 12.8. The van der Waals surface area contributed by atoms with Crippen LogP contribution in [-0.2, 0) is 6.42 Å². The summed E-state index contributed by atoms with van der Waals surface area (Å²) in [7, 11) is 2.07. The fourth-order valence-electron chi connectivity index (χ4n) is 1.64. The first-order valence-electron chi connectivity index (χ1n) is 6.53. The molecule has 1 N–H and O–H groups in total. The molecule has 0 saturated carbocycles. The van der Waals surface area contributed by atoms with Gasteiger partial charge < -0.3 is 5.11 Å². The van der Waals surface area contributed by atoms with Crippen LogP contribution in [0.5, 0.6) is 0 Å². The summed E-state index contributed by atoms with van der Waals surface area (Å²) < 4.78 is 0. The molecule has 0 fully saturated rings. The van der Waals surface area contributed by atoms with E-state index in [1.807, 2.05) is 11.8 Å². The van der Waals surface area contributed by atoms with Gasteiger partial charge in [0.2, 0.25) is 0 Å². The Hall–Kier alpha value is -0.510. The van der Waals surface area contributed by atoms with Crippen LogP contribution < -0.4 is 0 Å². The van der Waals surface area contributed by atoms with Crippen LogP contribution in [0.3, 0.4) is 0 Å². The zero-order chi connectivity index (χ0) is 13.6. The van der Waals surface area contributed by atoms with E-state index >= 15 is 0 Å². The van der Waals surface area contributed by atoms with Gasteiger partial charge in [-0.15, -0.1) is 11.8 Å². The van der Waals surface area contributed by atoms with Gasteiger partial charge in [0.15, 0.2) is 0 Å². The Morgan fingerprint density at radius 2 is 1.83 bits per heavy atom. The summed E-state index contributed by atoms with van der Waals surface area (Å²) in [5, 5.41) is 9.31. The van der Waals surface area contributed by atoms with Gasteiger partial charge in [0.1, 0.15) is 0 Å². The molecule has 0 atom stereocenters. The molecule has 1 aromatic rings. The lowest BCUT2D eigenvalue weighted by Crippen LogP contribution is -2.45. The second-order valence-electron chi connectivity index (χ2n) is 5.22. The molecule has 0 heterocycles. The molecule has 0 amide bonds. The minimum atomic E-state index is -0.141. The number of rotatable bonds is 7. The Balaban J connectivity index is 2.48. The van der Waals surface area contributed by atoms with Crippen LogP contribution in [0, 0.1) is 0 Å². The number of thioether (sulfide) groups is 1. The Morgan fingerprint density at radius 1 is 1.22 bits per heavy atom. The first-order valence-corrected chi connectivity index (χ1v) is 7.52. The standard InChI is InChI=1S/C15H25NOS/c1-5-18-14-8-6-13(7-9-14)10-11-16(4)15(2,3)12-17/h6-9,17H,5,10-12H2,1-4H3. The highest BCUT2D eigenvalue weighted by molar-refractivity contribution is 7.99. The quantitative estimate of drug-likeness (QED) is 0.768. The fourth-order valence-corrected chi connectivity index (χ4v) is 2.30. The number of aliphatic hydroxyl groups is 1. The molecule has 0 saturated heterocycles. The maximum absolute atomic E-state index is 9.31. The zero-order valence-electron chi connectivity index (χ0n) is 11.9. The molecule has 0 unspecified atom stereocenters. The van der Waals surface area contributed by atoms with Gasteiger partial charge in [-0.25, -0.2) is 0 Å². The molecule has 0 aliphatic heterocycles. The van der Waals surface area contributed by atoms with Gasteiger partial charge in [-0.1, -0.05) is 19.1 Å². The van der Waals surface area contributed by atoms with Crippen molar-refractivity contribution in [3.63, 3.8) is 0 Å². The van der Waals surface area contributed by atoms with Crippen LogP contribution in [0.15, 0.2) is 29.2 Å². The Morgan fingerprint density at radius 3 is 2.33 bits per heavy atom. The SMILES string of the molecule is CCSc1ccc(CCN(C)C(C)(C)CO)cc1. The molecule has 102 valence electrons. The summed E-state index contributed by atoms with van der Waals surface area (Å²) >= 11 is 1.87. The third-order valence-electron chi connectivity index (χ3n) is 3.39. The van der Waals surface area contributed by atoms with Gasteiger partial charge in [0.05, 0.1) is 6.61 Å². The van der Waals surface area contributed by atoms with E-state index < -0.39 is 0 Å². The third kappa shape index (κ3) is 4.63. The molecule has 0 spiro atoms. The molecule has 3 heteroatoms. The molecule has 1 rings (SSSR count). The molecule has 18 heavy (non-hydrogen) atoms. The monoisotopic (exact) mass is 267 g/mol. The minimum absolute atomic E-state index is 0.141. The first-order chi connectivity index (χ1) is 8.49. The summed E-state index contributed by atoms with van der Waals surface area (Å²) in [4.78, 5) is 3.55. The minimum Gasteiger partial charge on any atom is -0.394 e. The van der Waals surface area contributed by atoms with Crippen LogP contribution >= 0.6 is 11.8 Å². The predicted octanol–water partition coefficient (Wildman–Crippen LogP) is 3.04. The van der Waals surface area contributed by atoms with E-state index in [1.54, 1.807) is 0 Å². The molecular weight excluding hydrogens is 242 g/mol. The summed E-state index contributed by atoms with van der Waals surface area (Å²) in [5.41, 5.74) is 1.22. The largest absolute Gasteiger partial charge is 0.394 e. The van der Waals surface area contributed by atoms with E-state index in [2.05, 4.69) is 57.0 Å². The highest BCUT2D eigenvalue weighted by Crippen LogP contribution is 2.18. The highest BCUT2D eigenvalue weighted by Gasteiger charge is 2.21. The van der Waals surface area contributed by atoms with Gasteiger partial charge >= 0.3 is 0 Å². The van der Waals surface area contributed by atoms with Gasteiger partial charge in [0.25, 0.3) is 0 Å². The molecule has 0 bridgehead atoms. The van der Waals surface area contributed by atoms with Gasteiger partial charge in [-0.05, 0) is 50.8 Å². The normalized spacial score (nSPS) is 12.1. The number of aliphatic hydroxyl groups excluding tert-OH is 1. The number of hydrogen-bond acceptors (Lipinski definition) is 3. The molecule has 1 aromatic carbocycles. The maximum atomic E-state index is 9.31. The third-order valence-corrected chi connectivity index (χ3v) is 4.28. The van der Waals surface area contributed by atoms with E-state index in [1.165, 1.54) is 10.5 Å². The second kappa shape index (κ2) is 7.17. The highest BCUT2D eigenvalue weighted by atomic mass is 32.2. The van der Waals surface area contributed by atoms with Crippen LogP contribution in [0.4, 0.5) is 0 Å². The van der Waals surface area contributed by atoms with Crippen molar-refractivity contribution in [3.05, 3.63) is 29.8 Å². The lowest BCUT2D eigenvalue weighted by atomic mass is 10.0. The van der Waals surface area contributed by atoms with Crippen molar-refractivity contribution < 1.29 is 5.11 Å². The summed E-state index contributed by atoms with van der Waals surface area (Å²) in [6, 6.07) is 8.80. The van der Waals surface area contributed by atoms with Crippen LogP contribution in [0.25, 0.3) is 0 Å². The Bertz CT molecular complexity index is 348. The van der Waals surface area contributed by atoms with E-state index in [-0.39, 0.29) is 12.1 Å². The van der Waals surface area contributed by atoms with Crippen LogP contribution in [0.2, 0.25) is 0 Å². The molecule has 0 aliphatic rings. The van der Waals surface area contributed by atoms with Gasteiger partial charge in [-0.2, -0.15) is 0 Å². The predicted molar refractivity (Wildman–Crippen MR) is 80.3 cm³/mol. The topological polar surface area (TPSA) is 23.5 Å². The average molecular weight is 267 g/mol. The number of nitrogens with zero attached hydrogens (tertiary/aromatic N) is 1. The fraction of sp³-hybridized carbons (Fsp3) is 0.600. The van der Waals surface area contributed by atoms with Crippen molar-refractivity contribution in [2.75, 3.05) is 26.0 Å². The average Bonchev–Trinajstić information content (AvgIpc) is 2.38. The van der Waals surface area contributed by atoms with Crippen molar-refractivity contribution in [2.24, 2.45) is 0 Å². The van der Waals surface area contributed by atoms with Crippen molar-refractivity contribution in [1.82, 2.24) is 4.90 Å². The van der Waals surface area contributed by atoms with E-state index in [0.29, 0.717) is 0 Å². The molecule has 2 nitrogen and oxygen atoms in total. The van der Waals surface area contributed by atoms with Gasteiger partial charge in [0, 0.05) is 17.0 Å². The van der Waals surface area contributed by atoms with Crippen LogP contribution in [-0.4, -0.2) is 41.5 Å². The van der Waals surface area contributed by atoms with E-state index in [0.717, 1.165) is 18.7 Å². The molecular formula is C15H25NOS. The van der Waals surface area contributed by atoms with E-state index in [9.17, 15) is 5.11 Å². The van der Waals surface area contributed by atoms with Crippen LogP contribution in [0.1, 0.15) is 26.3 Å². The summed E-state index contributed by atoms with van der Waals surface area (Å²) in [6.07, 6.45) is 1.02. The molecule has 0 aromatic heterocycles. The van der Waals surface area contributed by atoms with Crippen molar-refractivity contribution in [3.8, 4) is 0 Å². The molecule has 0 aliphatic carbocycles. The van der Waals surface area contributed by atoms with Crippen molar-refractivity contribution in [1.29, 1.82) is 0 Å². The maximum Gasteiger partial charge on any atom is 0.0609 e. The van der Waals surface area contributed by atoms with Crippen molar-refractivity contribution >= 4 is 11.8 Å². The Labute approximate surface area is 115 Å². The summed E-state index contributed by atoms with van der Waals surface area (Å²) in [6.45, 7) is 7.45. The molecule has 0 radical (unpaired) electrons. The lowest BCUT2D eigenvalue weighted by molar-refractivity contribution is 0.0801. The smallest absolute Gasteiger partial charge is 0.0609 e. The van der Waals surface area contributed by atoms with Crippen molar-refractivity contribution in [2.45, 2.75) is 37.6 Å². The van der Waals surface area contributed by atoms with E-state index in [4.69, 9.17) is 0 Å². The first kappa shape index (κ1) is 15.5. The lowest BCUT2D eigenvalue weighted by Gasteiger charge is -2.33.